The topological polar surface area (TPSA) is 12.0 Å². The molecule has 0 amide bonds. The third-order valence-electron chi connectivity index (χ3n) is 1.19. The zero-order valence-corrected chi connectivity index (χ0v) is 7.06. The van der Waals surface area contributed by atoms with Crippen LogP contribution in [0.3, 0.4) is 0 Å². The van der Waals surface area contributed by atoms with Gasteiger partial charge in [-0.05, 0) is 18.6 Å². The van der Waals surface area contributed by atoms with Crippen LogP contribution in [0.15, 0.2) is 49.2 Å². The third-order valence-corrected chi connectivity index (χ3v) is 1.19. The fourth-order valence-corrected chi connectivity index (χ4v) is 0.621. The van der Waals surface area contributed by atoms with Crippen molar-refractivity contribution < 1.29 is 0 Å². The van der Waals surface area contributed by atoms with E-state index in [1.165, 1.54) is 0 Å². The molecule has 60 valence electrons. The van der Waals surface area contributed by atoms with Crippen molar-refractivity contribution in [3.63, 3.8) is 0 Å². The molecule has 0 atom stereocenters. The minimum Gasteiger partial charge on any atom is -0.385 e. The fraction of sp³-hybridized carbons (Fsp3) is 0.200. The predicted octanol–water partition coefficient (Wildman–Crippen LogP) is 2.41. The van der Waals surface area contributed by atoms with Crippen LogP contribution in [0.5, 0.6) is 0 Å². The normalized spacial score (nSPS) is 10.5. The van der Waals surface area contributed by atoms with E-state index in [0.717, 1.165) is 17.8 Å². The Kier molecular flexibility index (Phi) is 4.91. The summed E-state index contributed by atoms with van der Waals surface area (Å²) in [5.74, 6) is 0. The molecule has 0 aromatic rings. The first-order chi connectivity index (χ1) is 5.20. The van der Waals surface area contributed by atoms with Gasteiger partial charge in [-0.1, -0.05) is 25.3 Å². The molecule has 1 heteroatoms. The standard InChI is InChI=1S/C10H15N/c1-5-7-11-10(4)8-9(3)6-2/h5-6,8,11H,1-3,7H2,4H3/b10-8-. The molecule has 0 radical (unpaired) electrons. The summed E-state index contributed by atoms with van der Waals surface area (Å²) in [4.78, 5) is 0. The molecule has 0 aliphatic heterocycles. The Hall–Kier alpha value is -1.24. The molecule has 0 saturated heterocycles. The summed E-state index contributed by atoms with van der Waals surface area (Å²) in [7, 11) is 0. The second kappa shape index (κ2) is 5.54. The van der Waals surface area contributed by atoms with Crippen molar-refractivity contribution in [3.05, 3.63) is 49.2 Å². The molecule has 0 fully saturated rings. The second-order valence-corrected chi connectivity index (χ2v) is 2.28. The molecule has 1 N–H and O–H groups in total. The Morgan fingerprint density at radius 2 is 2.09 bits per heavy atom. The van der Waals surface area contributed by atoms with E-state index in [1.54, 1.807) is 6.08 Å². The van der Waals surface area contributed by atoms with Gasteiger partial charge >= 0.3 is 0 Å². The van der Waals surface area contributed by atoms with Crippen LogP contribution >= 0.6 is 0 Å². The van der Waals surface area contributed by atoms with E-state index in [4.69, 9.17) is 0 Å². The fourth-order valence-electron chi connectivity index (χ4n) is 0.621. The van der Waals surface area contributed by atoms with Crippen LogP contribution in [0.4, 0.5) is 0 Å². The van der Waals surface area contributed by atoms with Crippen molar-refractivity contribution >= 4 is 0 Å². The highest BCUT2D eigenvalue weighted by Gasteiger charge is 1.84. The van der Waals surface area contributed by atoms with Crippen molar-refractivity contribution in [2.75, 3.05) is 6.54 Å². The van der Waals surface area contributed by atoms with Gasteiger partial charge in [0.15, 0.2) is 0 Å². The van der Waals surface area contributed by atoms with Crippen molar-refractivity contribution in [2.24, 2.45) is 0 Å². The maximum absolute atomic E-state index is 3.76. The van der Waals surface area contributed by atoms with Crippen LogP contribution in [0.2, 0.25) is 0 Å². The molecule has 0 bridgehead atoms. The second-order valence-electron chi connectivity index (χ2n) is 2.28. The first-order valence-corrected chi connectivity index (χ1v) is 3.55. The van der Waals surface area contributed by atoms with Crippen LogP contribution in [0.25, 0.3) is 0 Å². The van der Waals surface area contributed by atoms with Gasteiger partial charge in [-0.15, -0.1) is 6.58 Å². The van der Waals surface area contributed by atoms with Crippen LogP contribution in [0, 0.1) is 0 Å². The summed E-state index contributed by atoms with van der Waals surface area (Å²) in [5.41, 5.74) is 1.99. The molecular formula is C10H15N. The number of rotatable bonds is 5. The first-order valence-electron chi connectivity index (χ1n) is 3.55. The predicted molar refractivity (Wildman–Crippen MR) is 51.3 cm³/mol. The maximum atomic E-state index is 3.76. The molecule has 0 saturated carbocycles. The van der Waals surface area contributed by atoms with Gasteiger partial charge in [-0.3, -0.25) is 0 Å². The van der Waals surface area contributed by atoms with E-state index in [-0.39, 0.29) is 0 Å². The zero-order chi connectivity index (χ0) is 8.69. The summed E-state index contributed by atoms with van der Waals surface area (Å²) >= 11 is 0. The molecule has 0 aromatic heterocycles. The highest BCUT2D eigenvalue weighted by molar-refractivity contribution is 5.27. The average Bonchev–Trinajstić information content (AvgIpc) is 2.00. The number of nitrogens with one attached hydrogen (secondary N) is 1. The molecule has 0 aliphatic rings. The summed E-state index contributed by atoms with van der Waals surface area (Å²) in [5, 5.41) is 3.13. The van der Waals surface area contributed by atoms with Crippen LogP contribution in [0.1, 0.15) is 6.92 Å². The van der Waals surface area contributed by atoms with Crippen LogP contribution in [-0.2, 0) is 0 Å². The van der Waals surface area contributed by atoms with Gasteiger partial charge in [0, 0.05) is 12.2 Å². The lowest BCUT2D eigenvalue weighted by Gasteiger charge is -2.01. The van der Waals surface area contributed by atoms with Gasteiger partial charge in [0.25, 0.3) is 0 Å². The number of hydrogen-bond acceptors (Lipinski definition) is 1. The van der Waals surface area contributed by atoms with Crippen molar-refractivity contribution in [2.45, 2.75) is 6.92 Å². The molecule has 1 nitrogen and oxygen atoms in total. The molecule has 0 aliphatic carbocycles. The van der Waals surface area contributed by atoms with Gasteiger partial charge in [0.2, 0.25) is 0 Å². The van der Waals surface area contributed by atoms with E-state index >= 15 is 0 Å². The molecule has 0 rings (SSSR count). The minimum absolute atomic E-state index is 0.784. The van der Waals surface area contributed by atoms with E-state index < -0.39 is 0 Å². The lowest BCUT2D eigenvalue weighted by Crippen LogP contribution is -2.09. The van der Waals surface area contributed by atoms with Crippen molar-refractivity contribution in [1.82, 2.24) is 5.32 Å². The smallest absolute Gasteiger partial charge is 0.0325 e. The monoisotopic (exact) mass is 149 g/mol. The molecule has 0 unspecified atom stereocenters. The minimum atomic E-state index is 0.784. The highest BCUT2D eigenvalue weighted by atomic mass is 14.9. The number of allylic oxidation sites excluding steroid dienone is 4. The van der Waals surface area contributed by atoms with Crippen molar-refractivity contribution in [3.8, 4) is 0 Å². The quantitative estimate of drug-likeness (QED) is 0.467. The summed E-state index contributed by atoms with van der Waals surface area (Å²) in [6.45, 7) is 13.7. The van der Waals surface area contributed by atoms with Crippen LogP contribution in [-0.4, -0.2) is 6.54 Å². The zero-order valence-electron chi connectivity index (χ0n) is 7.06. The lowest BCUT2D eigenvalue weighted by molar-refractivity contribution is 0.905. The van der Waals surface area contributed by atoms with E-state index in [1.807, 2.05) is 19.1 Å². The van der Waals surface area contributed by atoms with Crippen LogP contribution < -0.4 is 5.32 Å². The first kappa shape index (κ1) is 9.76. The molecule has 0 aromatic carbocycles. The Labute approximate surface area is 68.8 Å². The largest absolute Gasteiger partial charge is 0.385 e. The third kappa shape index (κ3) is 5.22. The van der Waals surface area contributed by atoms with E-state index in [2.05, 4.69) is 25.1 Å². The lowest BCUT2D eigenvalue weighted by atomic mass is 10.2. The summed E-state index contributed by atoms with van der Waals surface area (Å²) in [6.07, 6.45) is 5.48. The Morgan fingerprint density at radius 3 is 2.55 bits per heavy atom. The molecule has 11 heavy (non-hydrogen) atoms. The van der Waals surface area contributed by atoms with Crippen molar-refractivity contribution in [1.29, 1.82) is 0 Å². The van der Waals surface area contributed by atoms with Gasteiger partial charge in [0.05, 0.1) is 0 Å². The molecule has 0 heterocycles. The van der Waals surface area contributed by atoms with Gasteiger partial charge in [-0.25, -0.2) is 0 Å². The van der Waals surface area contributed by atoms with Gasteiger partial charge in [-0.2, -0.15) is 0 Å². The Balaban J connectivity index is 3.88. The summed E-state index contributed by atoms with van der Waals surface area (Å²) < 4.78 is 0. The average molecular weight is 149 g/mol. The Morgan fingerprint density at radius 1 is 1.45 bits per heavy atom. The summed E-state index contributed by atoms with van der Waals surface area (Å²) in [6, 6.07) is 0. The SMILES string of the molecule is C=CCN/C(C)=C\C(=C)C=C. The number of hydrogen-bond donors (Lipinski definition) is 1. The molecule has 0 spiro atoms. The van der Waals surface area contributed by atoms with E-state index in [0.29, 0.717) is 0 Å². The van der Waals surface area contributed by atoms with E-state index in [9.17, 15) is 0 Å². The van der Waals surface area contributed by atoms with Gasteiger partial charge < -0.3 is 5.32 Å². The Bertz CT molecular complexity index is 187. The van der Waals surface area contributed by atoms with Gasteiger partial charge in [0.1, 0.15) is 0 Å². The highest BCUT2D eigenvalue weighted by Crippen LogP contribution is 1.97. The molecular weight excluding hydrogens is 134 g/mol. The maximum Gasteiger partial charge on any atom is 0.0325 e.